The van der Waals surface area contributed by atoms with Crippen molar-refractivity contribution in [2.75, 3.05) is 155 Å². The van der Waals surface area contributed by atoms with Crippen LogP contribution in [0.2, 0.25) is 0 Å². The van der Waals surface area contributed by atoms with E-state index in [4.69, 9.17) is 67.4 Å². The zero-order valence-corrected chi connectivity index (χ0v) is 69.8. The summed E-state index contributed by atoms with van der Waals surface area (Å²) in [7, 11) is -5.13. The minimum absolute atomic E-state index is 0. The standard InChI is InChI=1S/C20H40N4P.C15H30ClN3P.C15H31N4P.C5H11N.C3H6Br2.BrH.Cl5P.ClH.H3N.Na.H2O/c1-5-13-21(14-6-1)25(22-15-7-2-8-16-22,23-17-9-3-10-18-23)24-19-11-4-12-20-24;2*16-20(17-10-4-1-5-11-17,18-12-6-2-7-13-18)19-14-8-3-9-15-19;1-2-4-6-5-3-1;4-2-1-3-5;;1-6(2,3,4)5;;;;/h1-20H2;1-15H2;16H,1-15H2;6H,1-5H2;1-3H2;1H;;1H;1H3;;1H2/q2*+1;;;;;;;;+1;/p-3. The van der Waals surface area contributed by atoms with Crippen LogP contribution in [-0.4, -0.2) is 207 Å². The Balaban J connectivity index is 0.000000562. The van der Waals surface area contributed by atoms with Gasteiger partial charge in [0, 0.05) is 142 Å². The van der Waals surface area contributed by atoms with E-state index in [1.54, 1.807) is 0 Å². The molecule has 11 rings (SSSR count). The molecule has 0 saturated carbocycles. The van der Waals surface area contributed by atoms with E-state index in [0.29, 0.717) is 0 Å². The van der Waals surface area contributed by atoms with Crippen LogP contribution in [-0.2, 0) is 0 Å². The molecule has 11 aliphatic rings. The number of nitrogens with zero attached hydrogens (tertiary/aromatic N) is 10. The van der Waals surface area contributed by atoms with Gasteiger partial charge in [-0.3, -0.25) is 5.16 Å². The summed E-state index contributed by atoms with van der Waals surface area (Å²) in [6, 6.07) is 0. The Bertz CT molecular complexity index is 1520. The Morgan fingerprint density at radius 1 is 0.356 bits per heavy atom. The van der Waals surface area contributed by atoms with E-state index in [1.165, 1.54) is 362 Å². The molecule has 11 aliphatic heterocycles. The summed E-state index contributed by atoms with van der Waals surface area (Å²) in [6.45, 7) is 27.8. The van der Waals surface area contributed by atoms with E-state index < -0.39 is 25.8 Å². The summed E-state index contributed by atoms with van der Waals surface area (Å²) < 4.78 is 24.3. The number of rotatable bonds is 12. The maximum Gasteiger partial charge on any atom is 1.00 e. The second kappa shape index (κ2) is 49.9. The molecule has 29 heteroatoms. The average Bonchev–Trinajstić information content (AvgIpc) is 1.17. The molecule has 0 atom stereocenters. The normalized spacial score (nSPS) is 25.2. The minimum atomic E-state index is -3.69. The Hall–Kier alpha value is 5.47. The van der Waals surface area contributed by atoms with E-state index in [1.807, 2.05) is 0 Å². The molecule has 0 unspecified atom stereocenters. The van der Waals surface area contributed by atoms with Gasteiger partial charge < -0.3 is 46.3 Å². The number of hydrogen-bond acceptors (Lipinski definition) is 11. The van der Waals surface area contributed by atoms with Gasteiger partial charge in [-0.05, 0) is 161 Å². The summed E-state index contributed by atoms with van der Waals surface area (Å²) in [5.74, 6) is 0. The second-order valence-electron chi connectivity index (χ2n) is 24.9. The van der Waals surface area contributed by atoms with Gasteiger partial charge in [-0.15, -0.1) is 32.7 Å². The Morgan fingerprint density at radius 3 is 0.678 bits per heavy atom. The molecule has 11 fully saturated rings. The van der Waals surface area contributed by atoms with Crippen molar-refractivity contribution in [3.05, 3.63) is 0 Å². The molecule has 0 radical (unpaired) electrons. The van der Waals surface area contributed by atoms with Crippen molar-refractivity contribution < 1.29 is 64.4 Å². The van der Waals surface area contributed by atoms with Gasteiger partial charge in [-0.2, -0.15) is 0 Å². The molecule has 0 aromatic carbocycles. The number of alkyl halides is 2. The fraction of sp³-hybridized carbons (Fsp3) is 1.00. The summed E-state index contributed by atoms with van der Waals surface area (Å²) >= 11 is 38.9. The summed E-state index contributed by atoms with van der Waals surface area (Å²) in [6.07, 6.45) is 46.9. The molecule has 516 valence electrons. The summed E-state index contributed by atoms with van der Waals surface area (Å²) in [5.41, 5.74) is 0. The van der Waals surface area contributed by atoms with Gasteiger partial charge in [0.2, 0.25) is 0 Å². The molecular weight excluding hydrogens is 1530 g/mol. The van der Waals surface area contributed by atoms with E-state index >= 15 is 0 Å². The van der Waals surface area contributed by atoms with Crippen molar-refractivity contribution >= 4 is 125 Å². The van der Waals surface area contributed by atoms with Crippen LogP contribution in [0, 0.1) is 5.16 Å². The molecule has 11 saturated heterocycles. The molecule has 14 nitrogen and oxygen atoms in total. The molecule has 6 N–H and O–H groups in total. The Morgan fingerprint density at radius 2 is 0.529 bits per heavy atom. The molecule has 0 aromatic heterocycles. The molecular formula is C58H122Br3Cl7N13NaOP4. The fourth-order valence-corrected chi connectivity index (χ4v) is 29.6. The number of nitrogens with one attached hydrogen (secondary N) is 2. The predicted molar refractivity (Wildman–Crippen MR) is 386 cm³/mol. The van der Waals surface area contributed by atoms with Crippen molar-refractivity contribution in [1.82, 2.24) is 58.2 Å². The third-order valence-electron chi connectivity index (χ3n) is 18.6. The maximum absolute atomic E-state index is 9.49. The van der Waals surface area contributed by atoms with Crippen LogP contribution in [0.15, 0.2) is 0 Å². The SMILES string of the molecule is BrCCCBr.C1CCN([P+](N2CCCCC2)(N2CCCCC2)N2CCCCC2)CC1.C1CCNCC1.ClP(Cl)(Cl)(Cl)Cl.Cl[P+](N1CCCCC1)(N1CCCCC1)N1CCCCC1.N.N=P(N1CCCCC1)(N1CCCCC1)N1CCCCC1.[Br-].[Cl-].[Na+].[OH-]. The molecule has 0 bridgehead atoms. The van der Waals surface area contributed by atoms with Gasteiger partial charge >= 0.3 is 104 Å². The first-order valence-corrected chi connectivity index (χ1v) is 48.6. The largest absolute Gasteiger partial charge is 1.00 e. The Kier molecular flexibility index (Phi) is 51.9. The predicted octanol–water partition coefficient (Wildman–Crippen LogP) is 11.2. The van der Waals surface area contributed by atoms with Crippen LogP contribution in [0.3, 0.4) is 0 Å². The third-order valence-corrected chi connectivity index (χ3v) is 33.2. The zero-order chi connectivity index (χ0) is 58.4. The smallest absolute Gasteiger partial charge is 1.00 e. The molecule has 0 aromatic rings. The van der Waals surface area contributed by atoms with E-state index in [2.05, 4.69) is 83.9 Å². The van der Waals surface area contributed by atoms with E-state index in [9.17, 15) is 5.16 Å². The van der Waals surface area contributed by atoms with Crippen LogP contribution in [0.5, 0.6) is 0 Å². The summed E-state index contributed by atoms with van der Waals surface area (Å²) in [4.78, 5) is 0. The van der Waals surface area contributed by atoms with Gasteiger partial charge in [0.05, 0.1) is 0 Å². The van der Waals surface area contributed by atoms with Crippen molar-refractivity contribution in [2.24, 2.45) is 0 Å². The van der Waals surface area contributed by atoms with Crippen LogP contribution in [0.1, 0.15) is 218 Å². The number of halogens is 10. The van der Waals surface area contributed by atoms with Crippen LogP contribution in [0.25, 0.3) is 0 Å². The van der Waals surface area contributed by atoms with E-state index in [0.717, 1.165) is 10.7 Å². The first-order valence-electron chi connectivity index (χ1n) is 33.8. The van der Waals surface area contributed by atoms with Gasteiger partial charge in [-0.25, -0.2) is 14.0 Å². The monoisotopic (exact) mass is 1650 g/mol. The van der Waals surface area contributed by atoms with Gasteiger partial charge in [-0.1, -0.05) is 102 Å². The molecule has 0 aliphatic carbocycles. The van der Waals surface area contributed by atoms with Crippen molar-refractivity contribution in [1.29, 1.82) is 5.16 Å². The van der Waals surface area contributed by atoms with Gasteiger partial charge in [0.1, 0.15) is 0 Å². The number of piperidine rings is 11. The number of hydrogen-bond donors (Lipinski definition) is 3. The van der Waals surface area contributed by atoms with Crippen molar-refractivity contribution in [3.8, 4) is 0 Å². The second-order valence-corrected chi connectivity index (χ2v) is 53.3. The molecule has 0 spiro atoms. The first-order chi connectivity index (χ1) is 39.7. The first kappa shape index (κ1) is 90.5. The molecule has 11 heterocycles. The van der Waals surface area contributed by atoms with Gasteiger partial charge in [0.15, 0.2) is 18.7 Å². The maximum atomic E-state index is 9.49. The van der Waals surface area contributed by atoms with Crippen LogP contribution < -0.4 is 70.4 Å². The summed E-state index contributed by atoms with van der Waals surface area (Å²) in [5, 5.41) is 15.0. The van der Waals surface area contributed by atoms with E-state index in [-0.39, 0.29) is 70.6 Å². The molecule has 0 amide bonds. The van der Waals surface area contributed by atoms with Crippen molar-refractivity contribution in [3.63, 3.8) is 0 Å². The Labute approximate surface area is 619 Å². The third kappa shape index (κ3) is 31.1. The van der Waals surface area contributed by atoms with Crippen LogP contribution in [0.4, 0.5) is 0 Å². The van der Waals surface area contributed by atoms with Crippen LogP contribution >= 0.6 is 125 Å². The van der Waals surface area contributed by atoms with Gasteiger partial charge in [0.25, 0.3) is 0 Å². The average molecular weight is 1650 g/mol. The molecule has 87 heavy (non-hydrogen) atoms. The fourth-order valence-electron chi connectivity index (χ4n) is 14.4. The topological polar surface area (TPSA) is 133 Å². The van der Waals surface area contributed by atoms with Crippen molar-refractivity contribution in [2.45, 2.75) is 218 Å². The minimum Gasteiger partial charge on any atom is -1.00 e. The quantitative estimate of drug-likeness (QED) is 0.0974. The zero-order valence-electron chi connectivity index (χ0n) is 54.2.